The Bertz CT molecular complexity index is 2290. The summed E-state index contributed by atoms with van der Waals surface area (Å²) in [4.78, 5) is 2.65. The molecule has 0 amide bonds. The Kier molecular flexibility index (Phi) is 15.5. The second-order valence-electron chi connectivity index (χ2n) is 19.5. The topological polar surface area (TPSA) is 6.25 Å². The number of rotatable bonds is 21. The van der Waals surface area contributed by atoms with Crippen LogP contribution in [0, 0.1) is 0 Å². The third kappa shape index (κ3) is 10.0. The third-order valence-electron chi connectivity index (χ3n) is 14.3. The predicted octanol–water partition coefficient (Wildman–Crippen LogP) is 17.5. The maximum atomic E-state index is 7.49. The molecule has 3 aliphatic rings. The van der Waals surface area contributed by atoms with Crippen molar-refractivity contribution in [2.45, 2.75) is 174 Å². The summed E-state index contributed by atoms with van der Waals surface area (Å²) in [7, 11) is 0. The molecule has 4 aromatic rings. The number of allylic oxidation sites excluding steroid dienone is 8. The first-order chi connectivity index (χ1) is 29.7. The molecule has 0 spiro atoms. The van der Waals surface area contributed by atoms with Crippen molar-refractivity contribution >= 4 is 50.2 Å². The van der Waals surface area contributed by atoms with E-state index in [9.17, 15) is 0 Å². The van der Waals surface area contributed by atoms with Gasteiger partial charge in [-0.1, -0.05) is 190 Å². The minimum atomic E-state index is -0.122. The fourth-order valence-electron chi connectivity index (χ4n) is 10.9. The molecule has 0 bridgehead atoms. The van der Waals surface area contributed by atoms with Crippen molar-refractivity contribution in [3.05, 3.63) is 130 Å². The van der Waals surface area contributed by atoms with Crippen molar-refractivity contribution in [1.82, 2.24) is 0 Å². The predicted molar refractivity (Wildman–Crippen MR) is 268 cm³/mol. The summed E-state index contributed by atoms with van der Waals surface area (Å²) in [6.45, 7) is 16.5. The molecule has 0 aromatic heterocycles. The van der Waals surface area contributed by atoms with Crippen LogP contribution in [0.5, 0.6) is 0 Å². The summed E-state index contributed by atoms with van der Waals surface area (Å²) in [6, 6.07) is 27.3. The molecule has 0 saturated carbocycles. The molecule has 7 rings (SSSR count). The highest BCUT2D eigenvalue weighted by molar-refractivity contribution is 6.32. The van der Waals surface area contributed by atoms with Gasteiger partial charge in [0.15, 0.2) is 5.71 Å². The Labute approximate surface area is 375 Å². The zero-order valence-corrected chi connectivity index (χ0v) is 39.6. The van der Waals surface area contributed by atoms with E-state index in [0.29, 0.717) is 0 Å². The van der Waals surface area contributed by atoms with E-state index in [1.807, 2.05) is 0 Å². The molecule has 3 heteroatoms. The van der Waals surface area contributed by atoms with Gasteiger partial charge in [0.1, 0.15) is 6.54 Å². The van der Waals surface area contributed by atoms with Gasteiger partial charge in [0.2, 0.25) is 5.69 Å². The minimum absolute atomic E-state index is 0.122. The summed E-state index contributed by atoms with van der Waals surface area (Å²) in [6.07, 6.45) is 34.1. The second-order valence-corrected chi connectivity index (χ2v) is 19.9. The molecule has 2 nitrogen and oxygen atoms in total. The van der Waals surface area contributed by atoms with E-state index >= 15 is 0 Å². The fraction of sp³-hybridized carbons (Fsp3) is 0.500. The van der Waals surface area contributed by atoms with E-state index in [1.165, 1.54) is 169 Å². The average Bonchev–Trinajstić information content (AvgIpc) is 3.62. The van der Waals surface area contributed by atoms with Crippen LogP contribution in [-0.2, 0) is 10.8 Å². The summed E-state index contributed by atoms with van der Waals surface area (Å²) < 4.78 is 2.65. The highest BCUT2D eigenvalue weighted by Crippen LogP contribution is 2.51. The van der Waals surface area contributed by atoms with Crippen molar-refractivity contribution in [2.75, 3.05) is 18.0 Å². The van der Waals surface area contributed by atoms with Gasteiger partial charge in [-0.25, -0.2) is 0 Å². The number of anilines is 1. The lowest BCUT2D eigenvalue weighted by Gasteiger charge is -2.27. The summed E-state index contributed by atoms with van der Waals surface area (Å²) >= 11 is 7.49. The van der Waals surface area contributed by atoms with Gasteiger partial charge >= 0.3 is 0 Å². The van der Waals surface area contributed by atoms with Crippen LogP contribution in [0.15, 0.2) is 119 Å². The molecule has 61 heavy (non-hydrogen) atoms. The van der Waals surface area contributed by atoms with Crippen LogP contribution < -0.4 is 4.90 Å². The minimum Gasteiger partial charge on any atom is -0.344 e. The van der Waals surface area contributed by atoms with Crippen molar-refractivity contribution in [3.8, 4) is 0 Å². The quantitative estimate of drug-likeness (QED) is 0.0599. The fourth-order valence-corrected chi connectivity index (χ4v) is 11.2. The molecular formula is C58H76ClN2+. The Morgan fingerprint density at radius 3 is 1.82 bits per heavy atom. The van der Waals surface area contributed by atoms with E-state index in [0.717, 1.165) is 37.4 Å². The van der Waals surface area contributed by atoms with E-state index in [1.54, 1.807) is 0 Å². The van der Waals surface area contributed by atoms with Crippen LogP contribution in [0.25, 0.3) is 21.5 Å². The number of unbranched alkanes of at least 4 members (excludes halogenated alkanes) is 14. The van der Waals surface area contributed by atoms with Gasteiger partial charge in [0.05, 0.1) is 5.41 Å². The van der Waals surface area contributed by atoms with Crippen molar-refractivity contribution < 1.29 is 4.58 Å². The monoisotopic (exact) mass is 836 g/mol. The van der Waals surface area contributed by atoms with Crippen LogP contribution in [-0.4, -0.2) is 23.4 Å². The first-order valence-corrected chi connectivity index (χ1v) is 25.0. The molecular weight excluding hydrogens is 760 g/mol. The molecule has 324 valence electrons. The van der Waals surface area contributed by atoms with Gasteiger partial charge in [-0.3, -0.25) is 0 Å². The third-order valence-corrected chi connectivity index (χ3v) is 14.8. The molecule has 4 aromatic carbocycles. The lowest BCUT2D eigenvalue weighted by molar-refractivity contribution is -0.438. The Balaban J connectivity index is 1.16. The average molecular weight is 837 g/mol. The van der Waals surface area contributed by atoms with Crippen molar-refractivity contribution in [3.63, 3.8) is 0 Å². The summed E-state index contributed by atoms with van der Waals surface area (Å²) in [5.41, 5.74) is 10.8. The van der Waals surface area contributed by atoms with E-state index in [-0.39, 0.29) is 10.8 Å². The van der Waals surface area contributed by atoms with Gasteiger partial charge < -0.3 is 4.90 Å². The zero-order chi connectivity index (χ0) is 42.8. The largest absolute Gasteiger partial charge is 0.344 e. The SMILES string of the molecule is CCCCCCCCCCN1/C(=C/C=C2\CCCC(/C=C/C3=[N+](CCCCCCCCCC)c4ccc5ccccc5c4C3(C)C)=C2Cl)C(C)(C)c2c1ccc1ccccc21. The molecule has 0 fully saturated rings. The molecule has 2 aliphatic heterocycles. The molecule has 0 atom stereocenters. The van der Waals surface area contributed by atoms with Crippen LogP contribution in [0.3, 0.4) is 0 Å². The van der Waals surface area contributed by atoms with Crippen LogP contribution in [0.4, 0.5) is 11.4 Å². The Hall–Kier alpha value is -3.88. The zero-order valence-electron chi connectivity index (χ0n) is 38.9. The van der Waals surface area contributed by atoms with Crippen molar-refractivity contribution in [2.24, 2.45) is 0 Å². The van der Waals surface area contributed by atoms with Gasteiger partial charge in [-0.15, -0.1) is 0 Å². The first kappa shape index (κ1) is 45.2. The van der Waals surface area contributed by atoms with Gasteiger partial charge in [0.25, 0.3) is 0 Å². The van der Waals surface area contributed by atoms with Gasteiger partial charge in [0, 0.05) is 52.5 Å². The maximum absolute atomic E-state index is 7.49. The number of nitrogens with zero attached hydrogens (tertiary/aromatic N) is 2. The highest BCUT2D eigenvalue weighted by atomic mass is 35.5. The number of fused-ring (bicyclic) bond motifs is 6. The smallest absolute Gasteiger partial charge is 0.210 e. The van der Waals surface area contributed by atoms with Crippen molar-refractivity contribution in [1.29, 1.82) is 0 Å². The lowest BCUT2D eigenvalue weighted by atomic mass is 9.78. The highest BCUT2D eigenvalue weighted by Gasteiger charge is 2.45. The van der Waals surface area contributed by atoms with Gasteiger partial charge in [-0.05, 0) is 102 Å². The summed E-state index contributed by atoms with van der Waals surface area (Å²) in [5, 5.41) is 6.35. The second kappa shape index (κ2) is 21.0. The molecule has 0 radical (unpaired) electrons. The normalized spacial score (nSPS) is 18.5. The number of halogens is 1. The van der Waals surface area contributed by atoms with E-state index < -0.39 is 0 Å². The van der Waals surface area contributed by atoms with E-state index in [2.05, 4.69) is 148 Å². The number of hydrogen-bond acceptors (Lipinski definition) is 1. The molecule has 2 heterocycles. The Morgan fingerprint density at radius 1 is 0.590 bits per heavy atom. The standard InChI is InChI=1S/C58H76ClN2/c1-7-9-11-13-15-17-19-25-42-60-50-38-34-44-28-21-23-32-48(44)54(50)57(3,4)52(60)40-36-46-30-27-31-47(56(46)59)37-41-53-58(5,6)55-49-33-24-22-29-45(49)35-39-51(55)61(53)43-26-20-18-16-14-12-10-8-2/h21-24,28-29,32-41H,7-20,25-27,30-31,42-43H2,1-6H3/q+1. The number of benzene rings is 4. The maximum Gasteiger partial charge on any atom is 0.210 e. The Morgan fingerprint density at radius 2 is 1.16 bits per heavy atom. The van der Waals surface area contributed by atoms with E-state index in [4.69, 9.17) is 11.6 Å². The first-order valence-electron chi connectivity index (χ1n) is 24.6. The van der Waals surface area contributed by atoms with Gasteiger partial charge in [-0.2, -0.15) is 4.58 Å². The number of hydrogen-bond donors (Lipinski definition) is 0. The summed E-state index contributed by atoms with van der Waals surface area (Å²) in [5.74, 6) is 0. The molecule has 0 N–H and O–H groups in total. The molecule has 1 aliphatic carbocycles. The molecule has 0 saturated heterocycles. The van der Waals surface area contributed by atoms with Crippen LogP contribution >= 0.6 is 11.6 Å². The lowest BCUT2D eigenvalue weighted by Crippen LogP contribution is -2.28. The van der Waals surface area contributed by atoms with Crippen LogP contribution in [0.1, 0.15) is 175 Å². The van der Waals surface area contributed by atoms with Crippen LogP contribution in [0.2, 0.25) is 0 Å². The molecule has 0 unspecified atom stereocenters.